The Morgan fingerprint density at radius 2 is 1.65 bits per heavy atom. The first-order valence-electron chi connectivity index (χ1n) is 10.5. The van der Waals surface area contributed by atoms with Gasteiger partial charge in [0.15, 0.2) is 5.75 Å². The molecule has 1 aliphatic heterocycles. The second-order valence-electron chi connectivity index (χ2n) is 7.57. The first-order valence-corrected chi connectivity index (χ1v) is 10.5. The van der Waals surface area contributed by atoms with Gasteiger partial charge in [-0.3, -0.25) is 15.0 Å². The number of β-amino-alcohol motifs (C(OH)–C–C–N with tert-alkyl or cyclic N) is 1. The molecule has 3 rings (SSSR count). The van der Waals surface area contributed by atoms with Gasteiger partial charge in [-0.1, -0.05) is 24.3 Å². The molecule has 1 atom stereocenters. The third-order valence-corrected chi connectivity index (χ3v) is 5.22. The molecule has 0 amide bonds. The maximum absolute atomic E-state index is 11.0. The third-order valence-electron chi connectivity index (χ3n) is 5.22. The van der Waals surface area contributed by atoms with Crippen LogP contribution < -0.4 is 15.2 Å². The summed E-state index contributed by atoms with van der Waals surface area (Å²) in [4.78, 5) is 15.1. The maximum atomic E-state index is 11.0. The number of nitrogen functional groups attached to an aromatic ring is 1. The van der Waals surface area contributed by atoms with E-state index >= 15 is 0 Å². The predicted octanol–water partition coefficient (Wildman–Crippen LogP) is 2.00. The predicted molar refractivity (Wildman–Crippen MR) is 118 cm³/mol. The lowest BCUT2D eigenvalue weighted by atomic mass is 10.2. The van der Waals surface area contributed by atoms with Crippen LogP contribution in [0.2, 0.25) is 0 Å². The zero-order valence-electron chi connectivity index (χ0n) is 17.6. The minimum Gasteiger partial charge on any atom is -0.491 e. The molecule has 3 N–H and O–H groups in total. The van der Waals surface area contributed by atoms with E-state index in [-0.39, 0.29) is 18.0 Å². The summed E-state index contributed by atoms with van der Waals surface area (Å²) in [6, 6.07) is 13.7. The Morgan fingerprint density at radius 3 is 2.35 bits per heavy atom. The van der Waals surface area contributed by atoms with E-state index in [0.29, 0.717) is 18.8 Å². The highest BCUT2D eigenvalue weighted by atomic mass is 16.6. The zero-order chi connectivity index (χ0) is 22.1. The number of hydrogen-bond donors (Lipinski definition) is 2. The fraction of sp³-hybridized carbons (Fsp3) is 0.455. The molecule has 0 aliphatic carbocycles. The molecule has 1 heterocycles. The molecule has 0 unspecified atom stereocenters. The van der Waals surface area contributed by atoms with E-state index in [1.165, 1.54) is 6.07 Å². The monoisotopic (exact) mass is 430 g/mol. The minimum atomic E-state index is -0.712. The van der Waals surface area contributed by atoms with Crippen molar-refractivity contribution in [1.29, 1.82) is 0 Å². The fourth-order valence-electron chi connectivity index (χ4n) is 3.54. The summed E-state index contributed by atoms with van der Waals surface area (Å²) in [7, 11) is 0. The fourth-order valence-corrected chi connectivity index (χ4v) is 3.54. The quantitative estimate of drug-likeness (QED) is 0.241. The Hall–Kier alpha value is -2.88. The molecule has 0 radical (unpaired) electrons. The average Bonchev–Trinajstić information content (AvgIpc) is 2.77. The number of para-hydroxylation sites is 4. The summed E-state index contributed by atoms with van der Waals surface area (Å²) in [6.07, 6.45) is 0.205. The second-order valence-corrected chi connectivity index (χ2v) is 7.57. The average molecular weight is 431 g/mol. The van der Waals surface area contributed by atoms with Gasteiger partial charge < -0.3 is 25.2 Å². The van der Waals surface area contributed by atoms with Crippen molar-refractivity contribution in [3.8, 4) is 11.5 Å². The van der Waals surface area contributed by atoms with E-state index in [4.69, 9.17) is 15.2 Å². The van der Waals surface area contributed by atoms with Crippen LogP contribution >= 0.6 is 0 Å². The van der Waals surface area contributed by atoms with Crippen LogP contribution in [0.25, 0.3) is 0 Å². The van der Waals surface area contributed by atoms with Gasteiger partial charge in [-0.2, -0.15) is 0 Å². The lowest BCUT2D eigenvalue weighted by molar-refractivity contribution is -0.385. The number of piperazine rings is 1. The smallest absolute Gasteiger partial charge is 0.310 e. The number of nitro groups is 1. The van der Waals surface area contributed by atoms with Crippen LogP contribution in [0.5, 0.6) is 11.5 Å². The first kappa shape index (κ1) is 22.8. The van der Waals surface area contributed by atoms with Gasteiger partial charge in [-0.05, 0) is 24.6 Å². The molecule has 2 aromatic carbocycles. The number of aliphatic hydroxyl groups excluding tert-OH is 1. The maximum Gasteiger partial charge on any atom is 0.310 e. The van der Waals surface area contributed by atoms with Gasteiger partial charge in [0.1, 0.15) is 18.5 Å². The van der Waals surface area contributed by atoms with Crippen molar-refractivity contribution < 1.29 is 19.5 Å². The van der Waals surface area contributed by atoms with Crippen molar-refractivity contribution in [3.63, 3.8) is 0 Å². The lowest BCUT2D eigenvalue weighted by Crippen LogP contribution is -2.49. The molecule has 1 aliphatic rings. The SMILES string of the molecule is Nc1ccccc1OCCCN1CCN(C[C@H](O)COc2ccccc2[N+](=O)[O-])CC1. The van der Waals surface area contributed by atoms with Crippen LogP contribution in [0.3, 0.4) is 0 Å². The molecule has 0 saturated carbocycles. The minimum absolute atomic E-state index is 0.0189. The normalized spacial score (nSPS) is 16.0. The Balaban J connectivity index is 1.31. The highest BCUT2D eigenvalue weighted by molar-refractivity contribution is 5.51. The molecule has 0 bridgehead atoms. The second kappa shape index (κ2) is 11.5. The van der Waals surface area contributed by atoms with Crippen LogP contribution in [0.1, 0.15) is 6.42 Å². The summed E-state index contributed by atoms with van der Waals surface area (Å²) < 4.78 is 11.2. The molecule has 9 heteroatoms. The standard InChI is InChI=1S/C22H30N4O5/c23-19-6-1-3-8-21(19)30-15-5-10-24-11-13-25(14-12-24)16-18(27)17-31-22-9-4-2-7-20(22)26(28)29/h1-4,6-9,18,27H,5,10-17,23H2/t18-/m0/s1. The van der Waals surface area contributed by atoms with E-state index in [1.54, 1.807) is 18.2 Å². The van der Waals surface area contributed by atoms with Crippen molar-refractivity contribution >= 4 is 11.4 Å². The molecule has 168 valence electrons. The topological polar surface area (TPSA) is 114 Å². The number of hydrogen-bond acceptors (Lipinski definition) is 8. The van der Waals surface area contributed by atoms with E-state index in [1.807, 2.05) is 24.3 Å². The molecule has 31 heavy (non-hydrogen) atoms. The van der Waals surface area contributed by atoms with Crippen LogP contribution in [0.15, 0.2) is 48.5 Å². The van der Waals surface area contributed by atoms with Crippen LogP contribution in [-0.4, -0.2) is 78.4 Å². The van der Waals surface area contributed by atoms with Gasteiger partial charge in [0.05, 0.1) is 17.2 Å². The Bertz CT molecular complexity index is 842. The van der Waals surface area contributed by atoms with Gasteiger partial charge >= 0.3 is 5.69 Å². The number of nitro benzene ring substituents is 1. The molecule has 1 saturated heterocycles. The van der Waals surface area contributed by atoms with Crippen LogP contribution in [-0.2, 0) is 0 Å². The summed E-state index contributed by atoms with van der Waals surface area (Å²) in [5.74, 6) is 0.903. The number of nitrogens with two attached hydrogens (primary N) is 1. The van der Waals surface area contributed by atoms with Crippen LogP contribution in [0, 0.1) is 10.1 Å². The number of benzene rings is 2. The number of anilines is 1. The molecule has 0 spiro atoms. The van der Waals surface area contributed by atoms with Crippen LogP contribution in [0.4, 0.5) is 11.4 Å². The first-order chi connectivity index (χ1) is 15.0. The summed E-state index contributed by atoms with van der Waals surface area (Å²) in [5.41, 5.74) is 6.43. The number of aliphatic hydroxyl groups is 1. The Labute approximate surface area is 182 Å². The van der Waals surface area contributed by atoms with E-state index in [0.717, 1.165) is 44.9 Å². The van der Waals surface area contributed by atoms with Crippen molar-refractivity contribution in [1.82, 2.24) is 9.80 Å². The van der Waals surface area contributed by atoms with Gasteiger partial charge in [-0.15, -0.1) is 0 Å². The zero-order valence-corrected chi connectivity index (χ0v) is 17.6. The van der Waals surface area contributed by atoms with Gasteiger partial charge in [0.2, 0.25) is 0 Å². The van der Waals surface area contributed by atoms with Gasteiger partial charge in [0.25, 0.3) is 0 Å². The number of nitrogens with zero attached hydrogens (tertiary/aromatic N) is 3. The van der Waals surface area contributed by atoms with Gasteiger partial charge in [0, 0.05) is 45.3 Å². The van der Waals surface area contributed by atoms with Gasteiger partial charge in [-0.25, -0.2) is 0 Å². The molecule has 1 fully saturated rings. The lowest BCUT2D eigenvalue weighted by Gasteiger charge is -2.35. The summed E-state index contributed by atoms with van der Waals surface area (Å²) >= 11 is 0. The summed E-state index contributed by atoms with van der Waals surface area (Å²) in [5, 5.41) is 21.3. The number of ether oxygens (including phenoxy) is 2. The van der Waals surface area contributed by atoms with Crippen molar-refractivity contribution in [2.24, 2.45) is 0 Å². The highest BCUT2D eigenvalue weighted by Gasteiger charge is 2.20. The van der Waals surface area contributed by atoms with Crippen molar-refractivity contribution in [2.45, 2.75) is 12.5 Å². The Kier molecular flexibility index (Phi) is 8.45. The molecule has 9 nitrogen and oxygen atoms in total. The van der Waals surface area contributed by atoms with E-state index < -0.39 is 11.0 Å². The van der Waals surface area contributed by atoms with Crippen molar-refractivity contribution in [2.75, 3.05) is 58.2 Å². The molecule has 0 aromatic heterocycles. The van der Waals surface area contributed by atoms with E-state index in [2.05, 4.69) is 9.80 Å². The highest BCUT2D eigenvalue weighted by Crippen LogP contribution is 2.26. The Morgan fingerprint density at radius 1 is 1.00 bits per heavy atom. The van der Waals surface area contributed by atoms with Crippen molar-refractivity contribution in [3.05, 3.63) is 58.6 Å². The molecular weight excluding hydrogens is 400 g/mol. The molecule has 2 aromatic rings. The largest absolute Gasteiger partial charge is 0.491 e. The summed E-state index contributed by atoms with van der Waals surface area (Å²) in [6.45, 7) is 5.62. The number of rotatable bonds is 11. The third kappa shape index (κ3) is 7.09. The van der Waals surface area contributed by atoms with E-state index in [9.17, 15) is 15.2 Å². The molecular formula is C22H30N4O5.